The van der Waals surface area contributed by atoms with Gasteiger partial charge >= 0.3 is 0 Å². The maximum Gasteiger partial charge on any atom is 0.101 e. The first kappa shape index (κ1) is 12.7. The van der Waals surface area contributed by atoms with E-state index < -0.39 is 10.8 Å². The Labute approximate surface area is 98.9 Å². The van der Waals surface area contributed by atoms with Crippen LogP contribution in [-0.2, 0) is 10.8 Å². The van der Waals surface area contributed by atoms with Crippen LogP contribution in [0.5, 0.6) is 0 Å². The summed E-state index contributed by atoms with van der Waals surface area (Å²) in [6.07, 6.45) is 2.54. The summed E-state index contributed by atoms with van der Waals surface area (Å²) in [5.41, 5.74) is 1.49. The lowest BCUT2D eigenvalue weighted by atomic mass is 10.1. The first-order valence-electron chi connectivity index (χ1n) is 5.19. The number of hydrogen-bond acceptors (Lipinski definition) is 3. The normalized spacial score (nSPS) is 13.8. The van der Waals surface area contributed by atoms with Crippen LogP contribution in [-0.4, -0.2) is 22.3 Å². The van der Waals surface area contributed by atoms with Crippen molar-refractivity contribution in [2.45, 2.75) is 19.4 Å². The Kier molecular flexibility index (Phi) is 5.00. The lowest BCUT2D eigenvalue weighted by Gasteiger charge is -2.15. The zero-order valence-corrected chi connectivity index (χ0v) is 10.4. The van der Waals surface area contributed by atoms with Crippen molar-refractivity contribution in [1.82, 2.24) is 0 Å². The third-order valence-corrected chi connectivity index (χ3v) is 3.10. The first-order valence-corrected chi connectivity index (χ1v) is 6.92. The molecule has 1 N–H and O–H groups in total. The number of nitriles is 1. The van der Waals surface area contributed by atoms with Gasteiger partial charge in [-0.1, -0.05) is 12.1 Å². The minimum atomic E-state index is -0.756. The van der Waals surface area contributed by atoms with Crippen molar-refractivity contribution in [1.29, 1.82) is 5.26 Å². The van der Waals surface area contributed by atoms with E-state index in [0.29, 0.717) is 11.3 Å². The monoisotopic (exact) mass is 236 g/mol. The average molecular weight is 236 g/mol. The Morgan fingerprint density at radius 3 is 2.81 bits per heavy atom. The van der Waals surface area contributed by atoms with Crippen LogP contribution in [0, 0.1) is 11.3 Å². The van der Waals surface area contributed by atoms with Crippen molar-refractivity contribution in [3.63, 3.8) is 0 Å². The van der Waals surface area contributed by atoms with E-state index >= 15 is 0 Å². The molecule has 0 saturated heterocycles. The predicted molar refractivity (Wildman–Crippen MR) is 67.8 cm³/mol. The molecule has 2 atom stereocenters. The third kappa shape index (κ3) is 4.03. The number of hydrogen-bond donors (Lipinski definition) is 1. The van der Waals surface area contributed by atoms with Crippen LogP contribution in [0.4, 0.5) is 5.69 Å². The van der Waals surface area contributed by atoms with Gasteiger partial charge in [0.05, 0.1) is 11.3 Å². The summed E-state index contributed by atoms with van der Waals surface area (Å²) < 4.78 is 11.0. The zero-order valence-electron chi connectivity index (χ0n) is 9.56. The van der Waals surface area contributed by atoms with Crippen LogP contribution >= 0.6 is 0 Å². The fraction of sp³-hybridized carbons (Fsp3) is 0.417. The lowest BCUT2D eigenvalue weighted by Crippen LogP contribution is -2.18. The molecule has 0 bridgehead atoms. The molecule has 16 heavy (non-hydrogen) atoms. The molecule has 3 nitrogen and oxygen atoms in total. The van der Waals surface area contributed by atoms with Crippen molar-refractivity contribution in [3.05, 3.63) is 29.8 Å². The Bertz CT molecular complexity index is 412. The van der Waals surface area contributed by atoms with Gasteiger partial charge in [0.1, 0.15) is 6.07 Å². The standard InChI is InChI=1S/C12H16N2OS/c1-10(7-8-16(2)15)14-12-6-4-3-5-11(12)9-13/h3-6,10,14H,7-8H2,1-2H3. The van der Waals surface area contributed by atoms with E-state index in [1.165, 1.54) is 0 Å². The number of anilines is 1. The number of rotatable bonds is 5. The van der Waals surface area contributed by atoms with E-state index in [9.17, 15) is 4.21 Å². The van der Waals surface area contributed by atoms with Gasteiger partial charge in [0.2, 0.25) is 0 Å². The second-order valence-corrected chi connectivity index (χ2v) is 5.32. The first-order chi connectivity index (χ1) is 7.63. The van der Waals surface area contributed by atoms with Crippen LogP contribution < -0.4 is 5.32 Å². The molecule has 1 aromatic carbocycles. The second kappa shape index (κ2) is 6.29. The summed E-state index contributed by atoms with van der Waals surface area (Å²) in [4.78, 5) is 0. The van der Waals surface area contributed by atoms with E-state index in [2.05, 4.69) is 11.4 Å². The van der Waals surface area contributed by atoms with Crippen molar-refractivity contribution < 1.29 is 4.21 Å². The SMILES string of the molecule is CC(CCS(C)=O)Nc1ccccc1C#N. The molecular weight excluding hydrogens is 220 g/mol. The Balaban J connectivity index is 2.59. The van der Waals surface area contributed by atoms with Crippen molar-refractivity contribution in [2.24, 2.45) is 0 Å². The predicted octanol–water partition coefficient (Wildman–Crippen LogP) is 2.13. The van der Waals surface area contributed by atoms with E-state index in [-0.39, 0.29) is 6.04 Å². The summed E-state index contributed by atoms with van der Waals surface area (Å²) in [7, 11) is -0.756. The van der Waals surface area contributed by atoms with Gasteiger partial charge in [-0.2, -0.15) is 5.26 Å². The quantitative estimate of drug-likeness (QED) is 0.852. The van der Waals surface area contributed by atoms with Gasteiger partial charge in [-0.15, -0.1) is 0 Å². The minimum Gasteiger partial charge on any atom is -0.381 e. The van der Waals surface area contributed by atoms with Crippen molar-refractivity contribution >= 4 is 16.5 Å². The van der Waals surface area contributed by atoms with E-state index in [1.807, 2.05) is 25.1 Å². The zero-order chi connectivity index (χ0) is 12.0. The number of benzene rings is 1. The van der Waals surface area contributed by atoms with Gasteiger partial charge < -0.3 is 5.32 Å². The molecule has 0 saturated carbocycles. The molecule has 4 heteroatoms. The van der Waals surface area contributed by atoms with Crippen LogP contribution in [0.25, 0.3) is 0 Å². The van der Waals surface area contributed by atoms with Crippen LogP contribution in [0.15, 0.2) is 24.3 Å². The van der Waals surface area contributed by atoms with Crippen LogP contribution in [0.2, 0.25) is 0 Å². The molecular formula is C12H16N2OS. The lowest BCUT2D eigenvalue weighted by molar-refractivity contribution is 0.678. The summed E-state index contributed by atoms with van der Waals surface area (Å²) in [6.45, 7) is 2.03. The highest BCUT2D eigenvalue weighted by molar-refractivity contribution is 7.84. The van der Waals surface area contributed by atoms with Gasteiger partial charge in [-0.3, -0.25) is 4.21 Å². The molecule has 0 aromatic heterocycles. The third-order valence-electron chi connectivity index (χ3n) is 2.29. The highest BCUT2D eigenvalue weighted by Crippen LogP contribution is 2.15. The van der Waals surface area contributed by atoms with Crippen molar-refractivity contribution in [3.8, 4) is 6.07 Å². The summed E-state index contributed by atoms with van der Waals surface area (Å²) >= 11 is 0. The smallest absolute Gasteiger partial charge is 0.101 e. The summed E-state index contributed by atoms with van der Waals surface area (Å²) in [6, 6.07) is 9.78. The fourth-order valence-electron chi connectivity index (χ4n) is 1.39. The molecule has 0 fully saturated rings. The minimum absolute atomic E-state index is 0.221. The molecule has 0 spiro atoms. The van der Waals surface area contributed by atoms with Gasteiger partial charge in [0, 0.05) is 28.9 Å². The number of nitrogens with zero attached hydrogens (tertiary/aromatic N) is 1. The summed E-state index contributed by atoms with van der Waals surface area (Å²) in [5, 5.41) is 12.2. The van der Waals surface area contributed by atoms with Gasteiger partial charge in [0.15, 0.2) is 0 Å². The van der Waals surface area contributed by atoms with Gasteiger partial charge in [-0.25, -0.2) is 0 Å². The topological polar surface area (TPSA) is 52.9 Å². The Morgan fingerprint density at radius 2 is 2.19 bits per heavy atom. The van der Waals surface area contributed by atoms with Crippen molar-refractivity contribution in [2.75, 3.05) is 17.3 Å². The second-order valence-electron chi connectivity index (χ2n) is 3.77. The molecule has 0 aliphatic carbocycles. The Morgan fingerprint density at radius 1 is 1.50 bits per heavy atom. The van der Waals surface area contributed by atoms with Gasteiger partial charge in [-0.05, 0) is 25.5 Å². The molecule has 0 radical (unpaired) electrons. The molecule has 0 heterocycles. The molecule has 1 aromatic rings. The van der Waals surface area contributed by atoms with E-state index in [4.69, 9.17) is 5.26 Å². The molecule has 1 rings (SSSR count). The molecule has 0 aliphatic rings. The highest BCUT2D eigenvalue weighted by Gasteiger charge is 2.06. The molecule has 86 valence electrons. The van der Waals surface area contributed by atoms with Gasteiger partial charge in [0.25, 0.3) is 0 Å². The largest absolute Gasteiger partial charge is 0.381 e. The van der Waals surface area contributed by atoms with Crippen LogP contribution in [0.3, 0.4) is 0 Å². The number of nitrogens with one attached hydrogen (secondary N) is 1. The van der Waals surface area contributed by atoms with E-state index in [0.717, 1.165) is 12.1 Å². The maximum atomic E-state index is 11.0. The summed E-state index contributed by atoms with van der Waals surface area (Å²) in [5.74, 6) is 0.683. The number of para-hydroxylation sites is 1. The van der Waals surface area contributed by atoms with E-state index in [1.54, 1.807) is 12.3 Å². The molecule has 0 aliphatic heterocycles. The maximum absolute atomic E-state index is 11.0. The molecule has 0 amide bonds. The Hall–Kier alpha value is -1.34. The fourth-order valence-corrected chi connectivity index (χ4v) is 2.07. The molecule has 2 unspecified atom stereocenters. The highest BCUT2D eigenvalue weighted by atomic mass is 32.2. The average Bonchev–Trinajstić information content (AvgIpc) is 2.27. The van der Waals surface area contributed by atoms with Crippen LogP contribution in [0.1, 0.15) is 18.9 Å².